The van der Waals surface area contributed by atoms with Crippen LogP contribution >= 0.6 is 0 Å². The van der Waals surface area contributed by atoms with E-state index in [4.69, 9.17) is 5.26 Å². The molecular formula is C15H18N6. The minimum atomic E-state index is 0.575. The summed E-state index contributed by atoms with van der Waals surface area (Å²) in [6.45, 7) is 3.78. The maximum absolute atomic E-state index is 8.75. The number of nitrogens with zero attached hydrogens (tertiary/aromatic N) is 5. The zero-order chi connectivity index (χ0) is 14.4. The minimum Gasteiger partial charge on any atom is -0.359 e. The first-order chi connectivity index (χ1) is 10.3. The zero-order valence-corrected chi connectivity index (χ0v) is 12.0. The van der Waals surface area contributed by atoms with E-state index in [-0.39, 0.29) is 0 Å². The highest BCUT2D eigenvalue weighted by atomic mass is 15.2. The third-order valence-electron chi connectivity index (χ3n) is 4.92. The van der Waals surface area contributed by atoms with Crippen molar-refractivity contribution < 1.29 is 0 Å². The highest BCUT2D eigenvalue weighted by molar-refractivity contribution is 5.87. The first-order valence-corrected chi connectivity index (χ1v) is 7.36. The van der Waals surface area contributed by atoms with Crippen LogP contribution in [0, 0.1) is 29.1 Å². The molecule has 108 valence electrons. The van der Waals surface area contributed by atoms with Gasteiger partial charge in [0.05, 0.1) is 18.0 Å². The standard InChI is InChI=1S/C15H18N6/c1-20(15-10-2-4-17-14(10)18-9-19-15)6-11-12-7-21(5-3-16)8-13(11)12/h2,4,9,11-13H,5-8H2,1H3,(H,17,18,19). The fourth-order valence-electron chi connectivity index (χ4n) is 3.80. The summed E-state index contributed by atoms with van der Waals surface area (Å²) in [5.74, 6) is 3.28. The van der Waals surface area contributed by atoms with E-state index in [1.54, 1.807) is 6.33 Å². The van der Waals surface area contributed by atoms with Gasteiger partial charge in [0.15, 0.2) is 0 Å². The molecule has 0 radical (unpaired) electrons. The average molecular weight is 282 g/mol. The van der Waals surface area contributed by atoms with E-state index in [2.05, 4.69) is 37.9 Å². The maximum Gasteiger partial charge on any atom is 0.142 e. The Morgan fingerprint density at radius 2 is 2.24 bits per heavy atom. The van der Waals surface area contributed by atoms with Crippen LogP contribution in [-0.2, 0) is 0 Å². The molecule has 1 N–H and O–H groups in total. The van der Waals surface area contributed by atoms with Crippen molar-refractivity contribution in [2.75, 3.05) is 38.1 Å². The van der Waals surface area contributed by atoms with Crippen molar-refractivity contribution >= 4 is 16.9 Å². The molecule has 21 heavy (non-hydrogen) atoms. The summed E-state index contributed by atoms with van der Waals surface area (Å²) in [4.78, 5) is 16.3. The Labute approximate surface area is 123 Å². The van der Waals surface area contributed by atoms with Crippen LogP contribution in [0.15, 0.2) is 18.6 Å². The summed E-state index contributed by atoms with van der Waals surface area (Å²) in [6.07, 6.45) is 3.52. The van der Waals surface area contributed by atoms with Gasteiger partial charge in [-0.2, -0.15) is 5.26 Å². The van der Waals surface area contributed by atoms with Crippen LogP contribution in [0.3, 0.4) is 0 Å². The number of aromatic amines is 1. The van der Waals surface area contributed by atoms with Crippen molar-refractivity contribution in [1.82, 2.24) is 19.9 Å². The van der Waals surface area contributed by atoms with E-state index in [1.807, 2.05) is 12.3 Å². The van der Waals surface area contributed by atoms with Gasteiger partial charge in [-0.3, -0.25) is 4.90 Å². The van der Waals surface area contributed by atoms with Crippen LogP contribution < -0.4 is 4.90 Å². The molecule has 3 heterocycles. The Hall–Kier alpha value is -2.13. The van der Waals surface area contributed by atoms with Crippen molar-refractivity contribution in [3.05, 3.63) is 18.6 Å². The normalized spacial score (nSPS) is 27.5. The number of fused-ring (bicyclic) bond motifs is 2. The van der Waals surface area contributed by atoms with Crippen LogP contribution in [0.2, 0.25) is 0 Å². The number of aromatic nitrogens is 3. The Kier molecular flexibility index (Phi) is 2.82. The third kappa shape index (κ3) is 2.05. The van der Waals surface area contributed by atoms with E-state index < -0.39 is 0 Å². The van der Waals surface area contributed by atoms with Crippen LogP contribution in [0.4, 0.5) is 5.82 Å². The van der Waals surface area contributed by atoms with Gasteiger partial charge in [-0.25, -0.2) is 9.97 Å². The van der Waals surface area contributed by atoms with E-state index in [0.717, 1.165) is 54.2 Å². The van der Waals surface area contributed by atoms with Gasteiger partial charge in [0.2, 0.25) is 0 Å². The van der Waals surface area contributed by atoms with Crippen LogP contribution in [0.5, 0.6) is 0 Å². The van der Waals surface area contributed by atoms with Crippen molar-refractivity contribution in [3.63, 3.8) is 0 Å². The number of hydrogen-bond acceptors (Lipinski definition) is 5. The highest BCUT2D eigenvalue weighted by Gasteiger charge is 2.55. The molecule has 2 aliphatic rings. The number of anilines is 1. The van der Waals surface area contributed by atoms with Crippen LogP contribution in [0.1, 0.15) is 0 Å². The molecule has 2 fully saturated rings. The molecule has 0 amide bonds. The summed E-state index contributed by atoms with van der Waals surface area (Å²) < 4.78 is 0. The predicted molar refractivity (Wildman–Crippen MR) is 79.7 cm³/mol. The summed E-state index contributed by atoms with van der Waals surface area (Å²) in [7, 11) is 2.11. The molecule has 0 aromatic carbocycles. The smallest absolute Gasteiger partial charge is 0.142 e. The fourth-order valence-corrected chi connectivity index (χ4v) is 3.80. The van der Waals surface area contributed by atoms with Gasteiger partial charge < -0.3 is 9.88 Å². The Morgan fingerprint density at radius 1 is 1.43 bits per heavy atom. The molecule has 6 heteroatoms. The summed E-state index contributed by atoms with van der Waals surface area (Å²) in [5, 5.41) is 9.83. The molecule has 2 unspecified atom stereocenters. The maximum atomic E-state index is 8.75. The number of likely N-dealkylation sites (tertiary alicyclic amines) is 1. The molecule has 4 rings (SSSR count). The van der Waals surface area contributed by atoms with Gasteiger partial charge >= 0.3 is 0 Å². The second-order valence-electron chi connectivity index (χ2n) is 6.16. The van der Waals surface area contributed by atoms with Crippen molar-refractivity contribution in [2.45, 2.75) is 0 Å². The van der Waals surface area contributed by atoms with Gasteiger partial charge in [0, 0.05) is 32.9 Å². The third-order valence-corrected chi connectivity index (χ3v) is 4.92. The molecule has 1 aliphatic carbocycles. The molecule has 2 atom stereocenters. The molecule has 0 bridgehead atoms. The van der Waals surface area contributed by atoms with E-state index in [9.17, 15) is 0 Å². The number of H-pyrrole nitrogens is 1. The number of hydrogen-bond donors (Lipinski definition) is 1. The molecular weight excluding hydrogens is 264 g/mol. The topological polar surface area (TPSA) is 71.8 Å². The predicted octanol–water partition coefficient (Wildman–Crippen LogP) is 1.10. The number of nitrogens with one attached hydrogen (secondary N) is 1. The fraction of sp³-hybridized carbons (Fsp3) is 0.533. The lowest BCUT2D eigenvalue weighted by Gasteiger charge is -2.21. The van der Waals surface area contributed by atoms with Crippen molar-refractivity contribution in [3.8, 4) is 6.07 Å². The molecule has 2 aromatic rings. The largest absolute Gasteiger partial charge is 0.359 e. The Morgan fingerprint density at radius 3 is 3.00 bits per heavy atom. The van der Waals surface area contributed by atoms with Gasteiger partial charge in [0.25, 0.3) is 0 Å². The average Bonchev–Trinajstić information content (AvgIpc) is 2.90. The molecule has 1 saturated carbocycles. The lowest BCUT2D eigenvalue weighted by atomic mass is 10.2. The Bertz CT molecular complexity index is 689. The quantitative estimate of drug-likeness (QED) is 0.850. The first-order valence-electron chi connectivity index (χ1n) is 7.36. The summed E-state index contributed by atoms with van der Waals surface area (Å²) >= 11 is 0. The number of piperidine rings is 1. The SMILES string of the molecule is CN(CC1C2CN(CC#N)CC21)c1ncnc2[nH]ccc12. The van der Waals surface area contributed by atoms with Crippen molar-refractivity contribution in [2.24, 2.45) is 17.8 Å². The highest BCUT2D eigenvalue weighted by Crippen LogP contribution is 2.52. The lowest BCUT2D eigenvalue weighted by molar-refractivity contribution is 0.318. The minimum absolute atomic E-state index is 0.575. The molecule has 2 aromatic heterocycles. The second-order valence-corrected chi connectivity index (χ2v) is 6.16. The van der Waals surface area contributed by atoms with E-state index in [0.29, 0.717) is 6.54 Å². The number of nitriles is 1. The number of rotatable bonds is 4. The van der Waals surface area contributed by atoms with E-state index >= 15 is 0 Å². The van der Waals surface area contributed by atoms with Crippen LogP contribution in [0.25, 0.3) is 11.0 Å². The Balaban J connectivity index is 1.43. The molecule has 0 spiro atoms. The summed E-state index contributed by atoms with van der Waals surface area (Å²) in [5.41, 5.74) is 0.892. The van der Waals surface area contributed by atoms with Gasteiger partial charge in [-0.1, -0.05) is 0 Å². The molecule has 1 aliphatic heterocycles. The molecule has 1 saturated heterocycles. The van der Waals surface area contributed by atoms with Crippen molar-refractivity contribution in [1.29, 1.82) is 5.26 Å². The van der Waals surface area contributed by atoms with Gasteiger partial charge in [0.1, 0.15) is 17.8 Å². The second kappa shape index (κ2) is 4.71. The van der Waals surface area contributed by atoms with Gasteiger partial charge in [-0.05, 0) is 23.8 Å². The zero-order valence-electron chi connectivity index (χ0n) is 12.0. The monoisotopic (exact) mass is 282 g/mol. The van der Waals surface area contributed by atoms with E-state index in [1.165, 1.54) is 0 Å². The summed E-state index contributed by atoms with van der Waals surface area (Å²) in [6, 6.07) is 4.28. The molecule has 6 nitrogen and oxygen atoms in total. The van der Waals surface area contributed by atoms with Crippen LogP contribution in [-0.4, -0.2) is 53.1 Å². The first kappa shape index (κ1) is 12.6. The lowest BCUT2D eigenvalue weighted by Crippen LogP contribution is -2.29. The van der Waals surface area contributed by atoms with Gasteiger partial charge in [-0.15, -0.1) is 0 Å².